The summed E-state index contributed by atoms with van der Waals surface area (Å²) in [6.07, 6.45) is -0.0524. The van der Waals surface area contributed by atoms with Crippen LogP contribution in [0.4, 0.5) is 0 Å². The molecule has 2 aromatic carbocycles. The number of nitrogens with zero attached hydrogens (tertiary/aromatic N) is 1. The molecule has 0 saturated carbocycles. The molecule has 0 aliphatic heterocycles. The van der Waals surface area contributed by atoms with E-state index in [4.69, 9.17) is 16.7 Å². The molecule has 0 heterocycles. The number of carboxylic acid groups (broad SMARTS) is 1. The van der Waals surface area contributed by atoms with Crippen molar-refractivity contribution in [3.8, 4) is 0 Å². The van der Waals surface area contributed by atoms with Crippen LogP contribution in [0, 0.1) is 0 Å². The zero-order valence-electron chi connectivity index (χ0n) is 11.0. The highest BCUT2D eigenvalue weighted by atomic mass is 35.5. The van der Waals surface area contributed by atoms with Gasteiger partial charge in [-0.2, -0.15) is 0 Å². The first-order valence-electron chi connectivity index (χ1n) is 6.04. The molecule has 0 bridgehead atoms. The maximum atomic E-state index is 10.9. The number of benzene rings is 2. The molecule has 0 aliphatic carbocycles. The Morgan fingerprint density at radius 1 is 1.26 bits per heavy atom. The second kappa shape index (κ2) is 5.59. The Kier molecular flexibility index (Phi) is 4.08. The standard InChI is InChI=1S/C15H16ClNO2/c1-17(2)9-10-3-5-12-11(7-10)4-6-14(16)13(12)8-15(18)19/h3-7H,8-9H2,1-2H3,(H,18,19). The molecule has 100 valence electrons. The molecule has 1 N–H and O–H groups in total. The van der Waals surface area contributed by atoms with E-state index in [0.29, 0.717) is 10.6 Å². The van der Waals surface area contributed by atoms with E-state index < -0.39 is 5.97 Å². The van der Waals surface area contributed by atoms with Crippen LogP contribution in [0.1, 0.15) is 11.1 Å². The molecule has 0 amide bonds. The minimum atomic E-state index is -0.869. The number of carbonyl (C=O) groups is 1. The summed E-state index contributed by atoms with van der Waals surface area (Å²) < 4.78 is 0. The summed E-state index contributed by atoms with van der Waals surface area (Å²) in [5.41, 5.74) is 1.88. The Morgan fingerprint density at radius 3 is 2.63 bits per heavy atom. The predicted octanol–water partition coefficient (Wildman–Crippen LogP) is 3.18. The van der Waals surface area contributed by atoms with Crippen LogP contribution in [0.15, 0.2) is 30.3 Å². The van der Waals surface area contributed by atoms with Gasteiger partial charge in [-0.1, -0.05) is 29.8 Å². The van der Waals surface area contributed by atoms with E-state index in [-0.39, 0.29) is 6.42 Å². The summed E-state index contributed by atoms with van der Waals surface area (Å²) in [6, 6.07) is 9.75. The SMILES string of the molecule is CN(C)Cc1ccc2c(CC(=O)O)c(Cl)ccc2c1. The number of aliphatic carboxylic acids is 1. The average Bonchev–Trinajstić information content (AvgIpc) is 2.31. The van der Waals surface area contributed by atoms with E-state index >= 15 is 0 Å². The quantitative estimate of drug-likeness (QED) is 0.933. The molecule has 19 heavy (non-hydrogen) atoms. The Labute approximate surface area is 117 Å². The molecule has 0 fully saturated rings. The fraction of sp³-hybridized carbons (Fsp3) is 0.267. The van der Waals surface area contributed by atoms with Gasteiger partial charge in [-0.05, 0) is 48.1 Å². The van der Waals surface area contributed by atoms with Crippen molar-refractivity contribution in [2.45, 2.75) is 13.0 Å². The first-order chi connectivity index (χ1) is 8.97. The van der Waals surface area contributed by atoms with Crippen LogP contribution in [0.3, 0.4) is 0 Å². The van der Waals surface area contributed by atoms with Gasteiger partial charge in [0.05, 0.1) is 6.42 Å². The lowest BCUT2D eigenvalue weighted by molar-refractivity contribution is -0.136. The molecule has 0 atom stereocenters. The maximum absolute atomic E-state index is 10.9. The van der Waals surface area contributed by atoms with Gasteiger partial charge in [0.25, 0.3) is 0 Å². The lowest BCUT2D eigenvalue weighted by Crippen LogP contribution is -2.10. The number of hydrogen-bond donors (Lipinski definition) is 1. The third kappa shape index (κ3) is 3.25. The second-order valence-corrected chi connectivity index (χ2v) is 5.30. The van der Waals surface area contributed by atoms with Crippen molar-refractivity contribution in [2.75, 3.05) is 14.1 Å². The van der Waals surface area contributed by atoms with Gasteiger partial charge in [0.1, 0.15) is 0 Å². The Morgan fingerprint density at radius 2 is 2.00 bits per heavy atom. The van der Waals surface area contributed by atoms with Gasteiger partial charge in [-0.3, -0.25) is 4.79 Å². The van der Waals surface area contributed by atoms with E-state index in [0.717, 1.165) is 17.3 Å². The molecular weight excluding hydrogens is 262 g/mol. The van der Waals surface area contributed by atoms with Gasteiger partial charge in [0, 0.05) is 11.6 Å². The summed E-state index contributed by atoms with van der Waals surface area (Å²) in [5.74, 6) is -0.869. The molecule has 2 aromatic rings. The summed E-state index contributed by atoms with van der Waals surface area (Å²) in [6.45, 7) is 0.854. The number of halogens is 1. The van der Waals surface area contributed by atoms with Crippen molar-refractivity contribution in [3.63, 3.8) is 0 Å². The van der Waals surface area contributed by atoms with Crippen LogP contribution in [0.2, 0.25) is 5.02 Å². The van der Waals surface area contributed by atoms with Gasteiger partial charge in [-0.15, -0.1) is 0 Å². The molecule has 0 radical (unpaired) electrons. The molecule has 4 heteroatoms. The largest absolute Gasteiger partial charge is 0.481 e. The number of rotatable bonds is 4. The van der Waals surface area contributed by atoms with E-state index in [2.05, 4.69) is 11.0 Å². The first-order valence-corrected chi connectivity index (χ1v) is 6.41. The van der Waals surface area contributed by atoms with Crippen LogP contribution in [-0.2, 0) is 17.8 Å². The summed E-state index contributed by atoms with van der Waals surface area (Å²) in [5, 5.41) is 11.4. The van der Waals surface area contributed by atoms with Crippen LogP contribution < -0.4 is 0 Å². The zero-order chi connectivity index (χ0) is 14.0. The monoisotopic (exact) mass is 277 g/mol. The maximum Gasteiger partial charge on any atom is 0.307 e. The number of hydrogen-bond acceptors (Lipinski definition) is 2. The molecule has 0 aromatic heterocycles. The molecule has 0 aliphatic rings. The molecule has 0 spiro atoms. The van der Waals surface area contributed by atoms with Gasteiger partial charge < -0.3 is 10.0 Å². The third-order valence-electron chi connectivity index (χ3n) is 2.97. The van der Waals surface area contributed by atoms with E-state index in [9.17, 15) is 4.79 Å². The van der Waals surface area contributed by atoms with E-state index in [1.807, 2.05) is 32.3 Å². The lowest BCUT2D eigenvalue weighted by Gasteiger charge is -2.12. The molecule has 0 saturated heterocycles. The van der Waals surface area contributed by atoms with Crippen LogP contribution >= 0.6 is 11.6 Å². The number of fused-ring (bicyclic) bond motifs is 1. The highest BCUT2D eigenvalue weighted by molar-refractivity contribution is 6.32. The predicted molar refractivity (Wildman–Crippen MR) is 77.7 cm³/mol. The van der Waals surface area contributed by atoms with Gasteiger partial charge in [0.2, 0.25) is 0 Å². The Balaban J connectivity index is 2.51. The summed E-state index contributed by atoms with van der Waals surface area (Å²) in [4.78, 5) is 13.0. The van der Waals surface area contributed by atoms with Crippen molar-refractivity contribution >= 4 is 28.3 Å². The van der Waals surface area contributed by atoms with Crippen molar-refractivity contribution in [2.24, 2.45) is 0 Å². The topological polar surface area (TPSA) is 40.5 Å². The van der Waals surface area contributed by atoms with Crippen molar-refractivity contribution in [1.29, 1.82) is 0 Å². The van der Waals surface area contributed by atoms with E-state index in [1.54, 1.807) is 6.07 Å². The number of carboxylic acids is 1. The minimum absolute atomic E-state index is 0.0524. The van der Waals surface area contributed by atoms with Gasteiger partial charge >= 0.3 is 5.97 Å². The van der Waals surface area contributed by atoms with Gasteiger partial charge in [0.15, 0.2) is 0 Å². The normalized spacial score (nSPS) is 11.2. The van der Waals surface area contributed by atoms with E-state index in [1.165, 1.54) is 5.56 Å². The first kappa shape index (κ1) is 13.8. The van der Waals surface area contributed by atoms with Crippen LogP contribution in [-0.4, -0.2) is 30.1 Å². The lowest BCUT2D eigenvalue weighted by atomic mass is 10.00. The van der Waals surface area contributed by atoms with Crippen molar-refractivity contribution in [3.05, 3.63) is 46.5 Å². The smallest absolute Gasteiger partial charge is 0.307 e. The summed E-state index contributed by atoms with van der Waals surface area (Å²) in [7, 11) is 4.03. The fourth-order valence-corrected chi connectivity index (χ4v) is 2.44. The molecule has 0 unspecified atom stereocenters. The fourth-order valence-electron chi connectivity index (χ4n) is 2.21. The molecule has 3 nitrogen and oxygen atoms in total. The Bertz CT molecular complexity index is 623. The molecular formula is C15H16ClNO2. The highest BCUT2D eigenvalue weighted by Gasteiger charge is 2.10. The zero-order valence-corrected chi connectivity index (χ0v) is 11.7. The minimum Gasteiger partial charge on any atom is -0.481 e. The molecule has 2 rings (SSSR count). The van der Waals surface area contributed by atoms with Crippen molar-refractivity contribution < 1.29 is 9.90 Å². The van der Waals surface area contributed by atoms with Crippen LogP contribution in [0.25, 0.3) is 10.8 Å². The highest BCUT2D eigenvalue weighted by Crippen LogP contribution is 2.27. The van der Waals surface area contributed by atoms with Gasteiger partial charge in [-0.25, -0.2) is 0 Å². The van der Waals surface area contributed by atoms with Crippen molar-refractivity contribution in [1.82, 2.24) is 4.90 Å². The average molecular weight is 278 g/mol. The van der Waals surface area contributed by atoms with Crippen LogP contribution in [0.5, 0.6) is 0 Å². The second-order valence-electron chi connectivity index (χ2n) is 4.89. The third-order valence-corrected chi connectivity index (χ3v) is 3.32. The Hall–Kier alpha value is -1.58. The summed E-state index contributed by atoms with van der Waals surface area (Å²) >= 11 is 6.10.